The van der Waals surface area contributed by atoms with Crippen molar-refractivity contribution in [3.05, 3.63) is 0 Å². The molecule has 0 aliphatic carbocycles. The van der Waals surface area contributed by atoms with E-state index in [1.807, 2.05) is 0 Å². The molecule has 0 heterocycles. The van der Waals surface area contributed by atoms with Gasteiger partial charge in [-0.05, 0) is 0 Å². The molecule has 0 spiro atoms. The van der Waals surface area contributed by atoms with E-state index >= 15 is 0 Å². The first-order chi connectivity index (χ1) is 2.00. The van der Waals surface area contributed by atoms with Crippen molar-refractivity contribution >= 4 is 81.7 Å². The van der Waals surface area contributed by atoms with Crippen molar-refractivity contribution < 1.29 is -0.254 Å². The van der Waals surface area contributed by atoms with Crippen molar-refractivity contribution in [2.75, 3.05) is 0 Å². The average molecular weight is 567 g/mol. The predicted molar refractivity (Wildman–Crippen MR) is 56.1 cm³/mol. The molecule has 0 aliphatic rings. The molecule has 0 amide bonds. The van der Waals surface area contributed by atoms with Gasteiger partial charge >= 0.3 is 81.4 Å². The Morgan fingerprint density at radius 1 is 0.800 bits per heavy atom. The van der Waals surface area contributed by atoms with Crippen molar-refractivity contribution in [1.29, 1.82) is 0 Å². The second-order valence-corrected chi connectivity index (χ2v) is 53.0. The molecule has 0 aromatic carbocycles. The number of hydrogen-bond donors (Lipinski definition) is 0. The van der Waals surface area contributed by atoms with E-state index in [-0.39, 0.29) is 0 Å². The van der Waals surface area contributed by atoms with Gasteiger partial charge in [-0.15, -0.1) is 0 Å². The molecule has 0 aromatic rings. The van der Waals surface area contributed by atoms with Crippen LogP contribution in [0.5, 0.6) is 0 Å². The predicted octanol–water partition coefficient (Wildman–Crippen LogP) is 3.54. The fourth-order valence-electron chi connectivity index (χ4n) is 0. The Bertz CT molecular complexity index is 19.1. The van der Waals surface area contributed by atoms with E-state index in [0.29, 0.717) is 0 Å². The third kappa shape index (κ3) is 18.6. The molecular formula is CoI4-2. The third-order valence-corrected chi connectivity index (χ3v) is 0. The fraction of sp³-hybridized carbons (Fsp3) is 0. The molecule has 0 saturated heterocycles. The van der Waals surface area contributed by atoms with E-state index in [1.54, 1.807) is 0 Å². The van der Waals surface area contributed by atoms with E-state index in [1.165, 1.54) is 0 Å². The molecule has 5 heavy (non-hydrogen) atoms. The summed E-state index contributed by atoms with van der Waals surface area (Å²) in [4.78, 5) is 0. The minimum atomic E-state index is -0.495. The van der Waals surface area contributed by atoms with E-state index in [9.17, 15) is 0 Å². The van der Waals surface area contributed by atoms with Crippen LogP contribution < -0.4 is 0 Å². The van der Waals surface area contributed by atoms with Crippen LogP contribution in [0.15, 0.2) is 0 Å². The average Bonchev–Trinajstić information content (AvgIpc) is 0.722. The van der Waals surface area contributed by atoms with Gasteiger partial charge in [0.1, 0.15) is 0 Å². The number of rotatable bonds is 0. The molecule has 0 nitrogen and oxygen atoms in total. The third-order valence-electron chi connectivity index (χ3n) is 0. The van der Waals surface area contributed by atoms with Crippen LogP contribution in [-0.4, -0.2) is 0 Å². The minimum absolute atomic E-state index is 0.495. The molecule has 0 bridgehead atoms. The van der Waals surface area contributed by atoms with Crippen LogP contribution in [0.3, 0.4) is 0 Å². The summed E-state index contributed by atoms with van der Waals surface area (Å²) in [6, 6.07) is 0. The second-order valence-electron chi connectivity index (χ2n) is 0.286. The van der Waals surface area contributed by atoms with Gasteiger partial charge in [0.25, 0.3) is 0 Å². The maximum absolute atomic E-state index is 2.45. The maximum atomic E-state index is 2.45. The van der Waals surface area contributed by atoms with Gasteiger partial charge in [0, 0.05) is 0 Å². The Kier molecular flexibility index (Phi) is 5.82. The van der Waals surface area contributed by atoms with Crippen LogP contribution in [0.4, 0.5) is 0 Å². The Labute approximate surface area is 79.0 Å². The van der Waals surface area contributed by atoms with Gasteiger partial charge in [0.15, 0.2) is 0 Å². The Morgan fingerprint density at radius 3 is 0.800 bits per heavy atom. The molecule has 0 fully saturated rings. The summed E-state index contributed by atoms with van der Waals surface area (Å²) in [6.07, 6.45) is 0. The van der Waals surface area contributed by atoms with E-state index in [2.05, 4.69) is 81.7 Å². The van der Waals surface area contributed by atoms with Crippen molar-refractivity contribution in [1.82, 2.24) is 0 Å². The first-order valence-corrected chi connectivity index (χ1v) is 13.9. The zero-order valence-corrected chi connectivity index (χ0v) is 11.5. The molecule has 0 atom stereocenters. The summed E-state index contributed by atoms with van der Waals surface area (Å²) in [6.45, 7) is 0. The summed E-state index contributed by atoms with van der Waals surface area (Å²) in [7, 11) is 0. The van der Waals surface area contributed by atoms with Crippen LogP contribution in [0.25, 0.3) is 0 Å². The first-order valence-electron chi connectivity index (χ1n) is 0.504. The second kappa shape index (κ2) is 3.45. The zero-order valence-electron chi connectivity index (χ0n) is 1.85. The molecule has 39 valence electrons. The Hall–Kier alpha value is 3.43. The van der Waals surface area contributed by atoms with Crippen LogP contribution in [0.2, 0.25) is 0 Å². The monoisotopic (exact) mass is 567 g/mol. The summed E-state index contributed by atoms with van der Waals surface area (Å²) < 4.78 is -0.495. The van der Waals surface area contributed by atoms with Crippen LogP contribution in [-0.2, 0) is -0.254 Å². The van der Waals surface area contributed by atoms with E-state index in [4.69, 9.17) is 0 Å². The zero-order chi connectivity index (χ0) is 4.50. The summed E-state index contributed by atoms with van der Waals surface area (Å²) in [5.41, 5.74) is 0. The van der Waals surface area contributed by atoms with Crippen molar-refractivity contribution in [2.45, 2.75) is 0 Å². The van der Waals surface area contributed by atoms with E-state index in [0.717, 1.165) is 0 Å². The molecule has 0 aliphatic heterocycles. The van der Waals surface area contributed by atoms with Gasteiger partial charge < -0.3 is 0 Å². The standard InChI is InChI=1S/Co.4HI/h;4*1H/q+2;;;;/p-4. The van der Waals surface area contributed by atoms with Crippen molar-refractivity contribution in [3.63, 3.8) is 0 Å². The molecule has 0 radical (unpaired) electrons. The SMILES string of the molecule is [I][Co-2]([I])([I])[I]. The number of halogens is 4. The molecule has 0 saturated carbocycles. The summed E-state index contributed by atoms with van der Waals surface area (Å²) in [5, 5.41) is 0. The number of hydrogen-bond acceptors (Lipinski definition) is 0. The van der Waals surface area contributed by atoms with Crippen LogP contribution >= 0.6 is 81.7 Å². The van der Waals surface area contributed by atoms with Crippen molar-refractivity contribution in [3.8, 4) is 0 Å². The van der Waals surface area contributed by atoms with Gasteiger partial charge in [-0.1, -0.05) is 0 Å². The summed E-state index contributed by atoms with van der Waals surface area (Å²) in [5.74, 6) is 0. The fourth-order valence-corrected chi connectivity index (χ4v) is 0. The topological polar surface area (TPSA) is 0 Å². The quantitative estimate of drug-likeness (QED) is 0.394. The molecule has 5 heteroatoms. The van der Waals surface area contributed by atoms with Gasteiger partial charge in [-0.25, -0.2) is 0 Å². The van der Waals surface area contributed by atoms with Gasteiger partial charge in [-0.3, -0.25) is 0 Å². The molecule has 0 rings (SSSR count). The Balaban J connectivity index is 3.02. The normalized spacial score (nSPS) is 15.2. The summed E-state index contributed by atoms with van der Waals surface area (Å²) >= 11 is 9.79. The molecule has 0 aromatic heterocycles. The van der Waals surface area contributed by atoms with Gasteiger partial charge in [0.05, 0.1) is 0 Å². The molecule has 0 unspecified atom stereocenters. The first kappa shape index (κ1) is 8.43. The van der Waals surface area contributed by atoms with Gasteiger partial charge in [-0.2, -0.15) is 0 Å². The van der Waals surface area contributed by atoms with Crippen LogP contribution in [0.1, 0.15) is 0 Å². The van der Waals surface area contributed by atoms with E-state index < -0.39 is -0.254 Å². The Morgan fingerprint density at radius 2 is 0.800 bits per heavy atom. The van der Waals surface area contributed by atoms with Crippen molar-refractivity contribution in [2.24, 2.45) is 0 Å². The van der Waals surface area contributed by atoms with Crippen LogP contribution in [0, 0.1) is 0 Å². The molecule has 0 N–H and O–H groups in total. The molecular weight excluding hydrogens is 567 g/mol. The van der Waals surface area contributed by atoms with Gasteiger partial charge in [0.2, 0.25) is 0 Å².